The maximum absolute atomic E-state index is 12.5. The van der Waals surface area contributed by atoms with Crippen molar-refractivity contribution in [2.75, 3.05) is 39.9 Å². The molecule has 27 heavy (non-hydrogen) atoms. The average Bonchev–Trinajstić information content (AvgIpc) is 2.95. The van der Waals surface area contributed by atoms with E-state index in [2.05, 4.69) is 5.32 Å². The Morgan fingerprint density at radius 2 is 1.93 bits per heavy atom. The van der Waals surface area contributed by atoms with E-state index in [-0.39, 0.29) is 35.9 Å². The fourth-order valence-corrected chi connectivity index (χ4v) is 4.99. The molecule has 0 spiro atoms. The van der Waals surface area contributed by atoms with Crippen LogP contribution in [0.15, 0.2) is 30.3 Å². The van der Waals surface area contributed by atoms with Crippen molar-refractivity contribution in [2.24, 2.45) is 5.92 Å². The highest BCUT2D eigenvalue weighted by atomic mass is 32.2. The van der Waals surface area contributed by atoms with Crippen molar-refractivity contribution in [3.63, 3.8) is 0 Å². The number of nitrogens with zero attached hydrogens (tertiary/aromatic N) is 2. The Morgan fingerprint density at radius 3 is 2.59 bits per heavy atom. The van der Waals surface area contributed by atoms with E-state index in [1.807, 2.05) is 18.2 Å². The molecule has 0 aliphatic carbocycles. The van der Waals surface area contributed by atoms with E-state index in [9.17, 15) is 18.0 Å². The van der Waals surface area contributed by atoms with Crippen LogP contribution in [0.5, 0.6) is 0 Å². The number of rotatable bonds is 8. The summed E-state index contributed by atoms with van der Waals surface area (Å²) in [5.74, 6) is -0.675. The van der Waals surface area contributed by atoms with Crippen molar-refractivity contribution in [2.45, 2.75) is 18.2 Å². The molecule has 2 heterocycles. The van der Waals surface area contributed by atoms with Crippen LogP contribution in [0, 0.1) is 5.92 Å². The predicted molar refractivity (Wildman–Crippen MR) is 99.1 cm³/mol. The Hall–Kier alpha value is -1.97. The molecule has 148 valence electrons. The van der Waals surface area contributed by atoms with Gasteiger partial charge in [-0.05, 0) is 5.56 Å². The molecule has 1 aromatic carbocycles. The molecule has 2 fully saturated rings. The van der Waals surface area contributed by atoms with Gasteiger partial charge < -0.3 is 15.0 Å². The van der Waals surface area contributed by atoms with E-state index >= 15 is 0 Å². The minimum absolute atomic E-state index is 0.0426. The first-order valence-corrected chi connectivity index (χ1v) is 10.6. The van der Waals surface area contributed by atoms with Crippen molar-refractivity contribution in [1.29, 1.82) is 0 Å². The van der Waals surface area contributed by atoms with Gasteiger partial charge in [-0.15, -0.1) is 0 Å². The second-order valence-electron chi connectivity index (χ2n) is 6.94. The molecular weight excluding hydrogens is 370 g/mol. The first kappa shape index (κ1) is 19.8. The number of ether oxygens (including phenoxy) is 1. The quantitative estimate of drug-likeness (QED) is 0.616. The molecule has 0 aromatic heterocycles. The van der Waals surface area contributed by atoms with Crippen LogP contribution >= 0.6 is 0 Å². The highest BCUT2D eigenvalue weighted by molar-refractivity contribution is 7.88. The fourth-order valence-electron chi connectivity index (χ4n) is 3.40. The van der Waals surface area contributed by atoms with Crippen LogP contribution in [0.25, 0.3) is 0 Å². The number of amides is 2. The third kappa shape index (κ3) is 4.66. The number of hydrogen-bond acceptors (Lipinski definition) is 5. The molecule has 3 rings (SSSR count). The van der Waals surface area contributed by atoms with E-state index in [0.29, 0.717) is 32.8 Å². The number of carbonyl (C=O) groups is 2. The molecule has 2 saturated heterocycles. The van der Waals surface area contributed by atoms with E-state index in [0.717, 1.165) is 5.56 Å². The minimum Gasteiger partial charge on any atom is -0.383 e. The number of hydrogen-bond donors (Lipinski definition) is 1. The normalized spacial score (nSPS) is 21.3. The highest BCUT2D eigenvalue weighted by Gasteiger charge is 2.45. The monoisotopic (exact) mass is 395 g/mol. The molecule has 2 aliphatic heterocycles. The van der Waals surface area contributed by atoms with Gasteiger partial charge in [0.05, 0.1) is 24.3 Å². The third-order valence-corrected chi connectivity index (χ3v) is 6.77. The molecule has 0 saturated carbocycles. The number of sulfonamides is 1. The number of methoxy groups -OCH3 is 1. The second-order valence-corrected chi connectivity index (χ2v) is 8.91. The molecule has 1 N–H and O–H groups in total. The standard InChI is InChI=1S/C18H25N3O5S/c1-26-8-7-19-18(23)15-9-17(22)21(10-15)16-11-20(12-16)27(24,25)13-14-5-3-2-4-6-14/h2-6,15-16H,7-13H2,1H3,(H,19,23). The third-order valence-electron chi connectivity index (χ3n) is 4.99. The van der Waals surface area contributed by atoms with Gasteiger partial charge in [0.2, 0.25) is 21.8 Å². The topological polar surface area (TPSA) is 96.0 Å². The van der Waals surface area contributed by atoms with Crippen molar-refractivity contribution in [3.8, 4) is 0 Å². The van der Waals surface area contributed by atoms with Crippen LogP contribution < -0.4 is 5.32 Å². The summed E-state index contributed by atoms with van der Waals surface area (Å²) >= 11 is 0. The summed E-state index contributed by atoms with van der Waals surface area (Å²) < 4.78 is 31.3. The lowest BCUT2D eigenvalue weighted by atomic mass is 10.1. The number of benzene rings is 1. The first-order chi connectivity index (χ1) is 12.9. The summed E-state index contributed by atoms with van der Waals surface area (Å²) in [5, 5.41) is 2.75. The predicted octanol–water partition coefficient (Wildman–Crippen LogP) is -0.188. The van der Waals surface area contributed by atoms with Crippen LogP contribution in [0.2, 0.25) is 0 Å². The summed E-state index contributed by atoms with van der Waals surface area (Å²) in [5.41, 5.74) is 0.742. The molecule has 0 radical (unpaired) electrons. The van der Waals surface area contributed by atoms with Crippen molar-refractivity contribution >= 4 is 21.8 Å². The van der Waals surface area contributed by atoms with Crippen LogP contribution in [0.1, 0.15) is 12.0 Å². The lowest BCUT2D eigenvalue weighted by Gasteiger charge is -2.43. The maximum atomic E-state index is 12.5. The van der Waals surface area contributed by atoms with Crippen molar-refractivity contribution in [3.05, 3.63) is 35.9 Å². The Balaban J connectivity index is 1.50. The zero-order chi connectivity index (χ0) is 19.4. The molecule has 2 amide bonds. The van der Waals surface area contributed by atoms with Crippen LogP contribution in [0.4, 0.5) is 0 Å². The summed E-state index contributed by atoms with van der Waals surface area (Å²) in [7, 11) is -1.84. The van der Waals surface area contributed by atoms with Gasteiger partial charge in [0.15, 0.2) is 0 Å². The largest absolute Gasteiger partial charge is 0.383 e. The lowest BCUT2D eigenvalue weighted by Crippen LogP contribution is -2.61. The fraction of sp³-hybridized carbons (Fsp3) is 0.556. The maximum Gasteiger partial charge on any atom is 0.225 e. The van der Waals surface area contributed by atoms with Gasteiger partial charge in [-0.1, -0.05) is 30.3 Å². The van der Waals surface area contributed by atoms with Gasteiger partial charge >= 0.3 is 0 Å². The van der Waals surface area contributed by atoms with Gasteiger partial charge in [-0.2, -0.15) is 4.31 Å². The van der Waals surface area contributed by atoms with Crippen molar-refractivity contribution in [1.82, 2.24) is 14.5 Å². The number of likely N-dealkylation sites (tertiary alicyclic amines) is 1. The minimum atomic E-state index is -3.40. The summed E-state index contributed by atoms with van der Waals surface area (Å²) in [6.07, 6.45) is 0.173. The van der Waals surface area contributed by atoms with Gasteiger partial charge in [0.25, 0.3) is 0 Å². The summed E-state index contributed by atoms with van der Waals surface area (Å²) in [4.78, 5) is 26.0. The smallest absolute Gasteiger partial charge is 0.225 e. The van der Waals surface area contributed by atoms with E-state index in [1.165, 1.54) is 4.31 Å². The molecule has 2 aliphatic rings. The Bertz CT molecular complexity index is 777. The lowest BCUT2D eigenvalue weighted by molar-refractivity contribution is -0.132. The van der Waals surface area contributed by atoms with E-state index < -0.39 is 10.0 Å². The van der Waals surface area contributed by atoms with Crippen molar-refractivity contribution < 1.29 is 22.7 Å². The Kier molecular flexibility index (Phi) is 6.13. The highest BCUT2D eigenvalue weighted by Crippen LogP contribution is 2.27. The molecule has 9 heteroatoms. The SMILES string of the molecule is COCCNC(=O)C1CC(=O)N(C2CN(S(=O)(=O)Cc3ccccc3)C2)C1. The van der Waals surface area contributed by atoms with E-state index in [4.69, 9.17) is 4.74 Å². The van der Waals surface area contributed by atoms with E-state index in [1.54, 1.807) is 24.1 Å². The Morgan fingerprint density at radius 1 is 1.22 bits per heavy atom. The molecule has 1 unspecified atom stereocenters. The molecule has 0 bridgehead atoms. The summed E-state index contributed by atoms with van der Waals surface area (Å²) in [6, 6.07) is 8.88. The second kappa shape index (κ2) is 8.37. The molecule has 1 atom stereocenters. The van der Waals surface area contributed by atoms with Gasteiger partial charge in [-0.3, -0.25) is 9.59 Å². The van der Waals surface area contributed by atoms with Gasteiger partial charge in [0.1, 0.15) is 0 Å². The van der Waals surface area contributed by atoms with Crippen LogP contribution in [0.3, 0.4) is 0 Å². The molecule has 8 nitrogen and oxygen atoms in total. The average molecular weight is 395 g/mol. The Labute approximate surface area is 159 Å². The zero-order valence-corrected chi connectivity index (χ0v) is 16.2. The van der Waals surface area contributed by atoms with Crippen LogP contribution in [-0.4, -0.2) is 75.4 Å². The molecular formula is C18H25N3O5S. The molecule has 1 aromatic rings. The van der Waals surface area contributed by atoms with Gasteiger partial charge in [-0.25, -0.2) is 8.42 Å². The van der Waals surface area contributed by atoms with Crippen LogP contribution in [-0.2, 0) is 30.1 Å². The van der Waals surface area contributed by atoms with Gasteiger partial charge in [0, 0.05) is 39.7 Å². The zero-order valence-electron chi connectivity index (χ0n) is 15.3. The number of carbonyl (C=O) groups excluding carboxylic acids is 2. The first-order valence-electron chi connectivity index (χ1n) is 8.98. The summed E-state index contributed by atoms with van der Waals surface area (Å²) in [6.45, 7) is 1.76. The number of nitrogens with one attached hydrogen (secondary N) is 1.